The average molecular weight is 257 g/mol. The Morgan fingerprint density at radius 3 is 2.21 bits per heavy atom. The second-order valence-corrected chi connectivity index (χ2v) is 4.79. The molecule has 0 radical (unpaired) electrons. The van der Waals surface area contributed by atoms with Crippen LogP contribution in [0, 0.1) is 26.6 Å². The average Bonchev–Trinajstić information content (AvgIpc) is 2.32. The van der Waals surface area contributed by atoms with Gasteiger partial charge in [0, 0.05) is 11.3 Å². The predicted octanol–water partition coefficient (Wildman–Crippen LogP) is 4.00. The highest BCUT2D eigenvalue weighted by atomic mass is 19.1. The lowest BCUT2D eigenvalue weighted by molar-refractivity contribution is 0.102. The fourth-order valence-electron chi connectivity index (χ4n) is 1.98. The number of hydrogen-bond donors (Lipinski definition) is 1. The summed E-state index contributed by atoms with van der Waals surface area (Å²) in [6.07, 6.45) is 0. The highest BCUT2D eigenvalue weighted by molar-refractivity contribution is 6.04. The maximum atomic E-state index is 13.4. The van der Waals surface area contributed by atoms with E-state index in [-0.39, 0.29) is 11.7 Å². The van der Waals surface area contributed by atoms with Gasteiger partial charge in [0.15, 0.2) is 0 Å². The molecule has 0 unspecified atom stereocenters. The number of halogens is 1. The van der Waals surface area contributed by atoms with E-state index in [4.69, 9.17) is 0 Å². The summed E-state index contributed by atoms with van der Waals surface area (Å²) >= 11 is 0. The molecule has 0 aliphatic carbocycles. The van der Waals surface area contributed by atoms with Gasteiger partial charge < -0.3 is 5.32 Å². The summed E-state index contributed by atoms with van der Waals surface area (Å²) in [6.45, 7) is 5.56. The van der Waals surface area contributed by atoms with Crippen LogP contribution in [0.15, 0.2) is 36.4 Å². The molecule has 0 bridgehead atoms. The number of anilines is 1. The number of rotatable bonds is 2. The third-order valence-electron chi connectivity index (χ3n) is 2.91. The molecule has 0 spiro atoms. The maximum absolute atomic E-state index is 13.4. The van der Waals surface area contributed by atoms with Gasteiger partial charge in [-0.05, 0) is 50.6 Å². The summed E-state index contributed by atoms with van der Waals surface area (Å²) in [5.74, 6) is -0.548. The van der Waals surface area contributed by atoms with Gasteiger partial charge in [-0.2, -0.15) is 0 Å². The molecular weight excluding hydrogens is 241 g/mol. The first kappa shape index (κ1) is 13.3. The molecule has 1 N–H and O–H groups in total. The third-order valence-corrected chi connectivity index (χ3v) is 2.91. The molecule has 19 heavy (non-hydrogen) atoms. The van der Waals surface area contributed by atoms with Crippen LogP contribution >= 0.6 is 0 Å². The molecule has 2 aromatic carbocycles. The number of carbonyl (C=O) groups excluding carboxylic acids is 1. The van der Waals surface area contributed by atoms with Gasteiger partial charge in [0.25, 0.3) is 5.91 Å². The third kappa shape index (κ3) is 3.19. The van der Waals surface area contributed by atoms with Crippen LogP contribution in [0.1, 0.15) is 27.0 Å². The molecular formula is C16H16FNO. The quantitative estimate of drug-likeness (QED) is 0.865. The highest BCUT2D eigenvalue weighted by Gasteiger charge is 2.08. The SMILES string of the molecule is Cc1cc(C)cc(C(=O)Nc2ccc(C)c(F)c2)c1. The zero-order valence-corrected chi connectivity index (χ0v) is 11.3. The van der Waals surface area contributed by atoms with E-state index >= 15 is 0 Å². The minimum absolute atomic E-state index is 0.227. The Balaban J connectivity index is 2.22. The van der Waals surface area contributed by atoms with Crippen LogP contribution in [0.5, 0.6) is 0 Å². The van der Waals surface area contributed by atoms with E-state index in [9.17, 15) is 9.18 Å². The van der Waals surface area contributed by atoms with Crippen LogP contribution in [-0.4, -0.2) is 5.91 Å². The molecule has 2 rings (SSSR count). The number of amides is 1. The van der Waals surface area contributed by atoms with E-state index in [2.05, 4.69) is 5.32 Å². The largest absolute Gasteiger partial charge is 0.322 e. The zero-order chi connectivity index (χ0) is 14.0. The zero-order valence-electron chi connectivity index (χ0n) is 11.3. The van der Waals surface area contributed by atoms with E-state index in [1.54, 1.807) is 19.1 Å². The van der Waals surface area contributed by atoms with Crippen molar-refractivity contribution in [3.8, 4) is 0 Å². The standard InChI is InChI=1S/C16H16FNO/c1-10-6-11(2)8-13(7-10)16(19)18-14-5-4-12(3)15(17)9-14/h4-9H,1-3H3,(H,18,19). The Bertz CT molecular complexity index is 614. The van der Waals surface area contributed by atoms with Crippen molar-refractivity contribution in [2.75, 3.05) is 5.32 Å². The molecule has 0 fully saturated rings. The van der Waals surface area contributed by atoms with Gasteiger partial charge in [0.2, 0.25) is 0 Å². The summed E-state index contributed by atoms with van der Waals surface area (Å²) in [4.78, 5) is 12.1. The van der Waals surface area contributed by atoms with Crippen LogP contribution in [0.3, 0.4) is 0 Å². The minimum Gasteiger partial charge on any atom is -0.322 e. The Labute approximate surface area is 112 Å². The molecule has 0 saturated carbocycles. The van der Waals surface area contributed by atoms with Crippen LogP contribution in [0.4, 0.5) is 10.1 Å². The Morgan fingerprint density at radius 1 is 1.00 bits per heavy atom. The van der Waals surface area contributed by atoms with Gasteiger partial charge in [-0.1, -0.05) is 23.3 Å². The van der Waals surface area contributed by atoms with Crippen molar-refractivity contribution in [3.05, 3.63) is 64.5 Å². The van der Waals surface area contributed by atoms with Gasteiger partial charge in [-0.3, -0.25) is 4.79 Å². The van der Waals surface area contributed by atoms with E-state index < -0.39 is 0 Å². The van der Waals surface area contributed by atoms with Crippen molar-refractivity contribution in [1.82, 2.24) is 0 Å². The van der Waals surface area contributed by atoms with Gasteiger partial charge in [0.05, 0.1) is 0 Å². The maximum Gasteiger partial charge on any atom is 0.255 e. The molecule has 2 nitrogen and oxygen atoms in total. The molecule has 0 aliphatic rings. The number of aryl methyl sites for hydroxylation is 3. The van der Waals surface area contributed by atoms with E-state index in [0.29, 0.717) is 16.8 Å². The molecule has 0 aromatic heterocycles. The Kier molecular flexibility index (Phi) is 3.65. The van der Waals surface area contributed by atoms with Crippen LogP contribution in [-0.2, 0) is 0 Å². The van der Waals surface area contributed by atoms with Crippen LogP contribution < -0.4 is 5.32 Å². The molecule has 2 aromatic rings. The highest BCUT2D eigenvalue weighted by Crippen LogP contribution is 2.16. The molecule has 1 amide bonds. The second-order valence-electron chi connectivity index (χ2n) is 4.79. The number of nitrogens with one attached hydrogen (secondary N) is 1. The summed E-state index contributed by atoms with van der Waals surface area (Å²) in [5.41, 5.74) is 3.66. The fourth-order valence-corrected chi connectivity index (χ4v) is 1.98. The minimum atomic E-state index is -0.321. The topological polar surface area (TPSA) is 29.1 Å². The number of benzene rings is 2. The number of hydrogen-bond acceptors (Lipinski definition) is 1. The van der Waals surface area contributed by atoms with Gasteiger partial charge >= 0.3 is 0 Å². The first-order valence-electron chi connectivity index (χ1n) is 6.11. The van der Waals surface area contributed by atoms with Crippen LogP contribution in [0.25, 0.3) is 0 Å². The smallest absolute Gasteiger partial charge is 0.255 e. The van der Waals surface area contributed by atoms with Crippen molar-refractivity contribution in [1.29, 1.82) is 0 Å². The Morgan fingerprint density at radius 2 is 1.63 bits per heavy atom. The lowest BCUT2D eigenvalue weighted by Crippen LogP contribution is -2.12. The lowest BCUT2D eigenvalue weighted by atomic mass is 10.1. The molecule has 0 heterocycles. The van der Waals surface area contributed by atoms with E-state index in [1.807, 2.05) is 32.0 Å². The lowest BCUT2D eigenvalue weighted by Gasteiger charge is -2.08. The molecule has 0 aliphatic heterocycles. The summed E-state index contributed by atoms with van der Waals surface area (Å²) in [7, 11) is 0. The number of carbonyl (C=O) groups is 1. The van der Waals surface area contributed by atoms with Crippen molar-refractivity contribution >= 4 is 11.6 Å². The van der Waals surface area contributed by atoms with Crippen molar-refractivity contribution in [3.63, 3.8) is 0 Å². The molecule has 98 valence electrons. The summed E-state index contributed by atoms with van der Waals surface area (Å²) in [5, 5.41) is 2.70. The second kappa shape index (κ2) is 5.22. The monoisotopic (exact) mass is 257 g/mol. The van der Waals surface area contributed by atoms with Crippen molar-refractivity contribution in [2.24, 2.45) is 0 Å². The van der Waals surface area contributed by atoms with Gasteiger partial charge in [-0.25, -0.2) is 4.39 Å². The van der Waals surface area contributed by atoms with E-state index in [0.717, 1.165) is 11.1 Å². The summed E-state index contributed by atoms with van der Waals surface area (Å²) < 4.78 is 13.4. The normalized spacial score (nSPS) is 10.3. The van der Waals surface area contributed by atoms with Crippen molar-refractivity contribution < 1.29 is 9.18 Å². The van der Waals surface area contributed by atoms with E-state index in [1.165, 1.54) is 6.07 Å². The van der Waals surface area contributed by atoms with Gasteiger partial charge in [-0.15, -0.1) is 0 Å². The van der Waals surface area contributed by atoms with Crippen molar-refractivity contribution in [2.45, 2.75) is 20.8 Å². The molecule has 0 saturated heterocycles. The molecule has 3 heteroatoms. The Hall–Kier alpha value is -2.16. The summed E-state index contributed by atoms with van der Waals surface area (Å²) in [6, 6.07) is 10.3. The molecule has 0 atom stereocenters. The fraction of sp³-hybridized carbons (Fsp3) is 0.188. The van der Waals surface area contributed by atoms with Crippen LogP contribution in [0.2, 0.25) is 0 Å². The first-order valence-corrected chi connectivity index (χ1v) is 6.11. The predicted molar refractivity (Wildman–Crippen MR) is 75.0 cm³/mol. The van der Waals surface area contributed by atoms with Gasteiger partial charge in [0.1, 0.15) is 5.82 Å². The first-order chi connectivity index (χ1) is 8.95.